The molecule has 3 aliphatic rings. The van der Waals surface area contributed by atoms with E-state index in [1.54, 1.807) is 24.0 Å². The van der Waals surface area contributed by atoms with Gasteiger partial charge in [0.25, 0.3) is 0 Å². The van der Waals surface area contributed by atoms with Crippen molar-refractivity contribution in [1.29, 1.82) is 0 Å². The first kappa shape index (κ1) is 22.7. The molecule has 1 saturated carbocycles. The molecule has 32 heavy (non-hydrogen) atoms. The number of halogens is 1. The second kappa shape index (κ2) is 7.54. The fraction of sp³-hybridized carbons (Fsp3) is 0.542. The molecule has 0 atom stereocenters. The molecule has 1 aliphatic carbocycles. The van der Waals surface area contributed by atoms with E-state index in [0.717, 1.165) is 30.4 Å². The minimum Gasteiger partial charge on any atom is -0.311 e. The molecule has 2 N–H and O–H groups in total. The van der Waals surface area contributed by atoms with Crippen molar-refractivity contribution in [2.45, 2.75) is 70.3 Å². The predicted octanol–water partition coefficient (Wildman–Crippen LogP) is 4.85. The molecule has 2 aliphatic heterocycles. The van der Waals surface area contributed by atoms with Crippen LogP contribution in [0.3, 0.4) is 0 Å². The van der Waals surface area contributed by atoms with Gasteiger partial charge in [-0.1, -0.05) is 38.2 Å². The van der Waals surface area contributed by atoms with Crippen LogP contribution >= 0.6 is 0 Å². The fourth-order valence-electron chi connectivity index (χ4n) is 5.22. The number of anilines is 1. The molecule has 0 bridgehead atoms. The van der Waals surface area contributed by atoms with Crippen LogP contribution in [0.4, 0.5) is 14.9 Å². The van der Waals surface area contributed by atoms with E-state index in [2.05, 4.69) is 35.3 Å². The Bertz CT molecular complexity index is 1030. The molecule has 1 aromatic carbocycles. The molecule has 0 spiro atoms. The summed E-state index contributed by atoms with van der Waals surface area (Å²) in [6.45, 7) is 13.3. The molecular weight excluding hydrogens is 423 g/mol. The molecule has 4 rings (SSSR count). The monoisotopic (exact) mass is 456 g/mol. The van der Waals surface area contributed by atoms with Gasteiger partial charge in [0.2, 0.25) is 5.91 Å². The second-order valence-electron chi connectivity index (χ2n) is 10.8. The Morgan fingerprint density at radius 3 is 2.41 bits per heavy atom. The van der Waals surface area contributed by atoms with Gasteiger partial charge in [-0.05, 0) is 50.8 Å². The largest absolute Gasteiger partial charge is 0.322 e. The molecular formula is C24H33FN4O2Si. The van der Waals surface area contributed by atoms with Gasteiger partial charge in [-0.15, -0.1) is 0 Å². The lowest BCUT2D eigenvalue weighted by atomic mass is 9.83. The van der Waals surface area contributed by atoms with E-state index in [4.69, 9.17) is 0 Å². The zero-order valence-electron chi connectivity index (χ0n) is 19.9. The van der Waals surface area contributed by atoms with Crippen molar-refractivity contribution < 1.29 is 14.0 Å². The number of rotatable bonds is 3. The van der Waals surface area contributed by atoms with Gasteiger partial charge in [0, 0.05) is 10.6 Å². The van der Waals surface area contributed by atoms with Crippen molar-refractivity contribution in [2.24, 2.45) is 4.99 Å². The highest BCUT2D eigenvalue weighted by Crippen LogP contribution is 2.55. The Morgan fingerprint density at radius 1 is 1.16 bits per heavy atom. The van der Waals surface area contributed by atoms with Crippen molar-refractivity contribution in [2.75, 3.05) is 18.4 Å². The summed E-state index contributed by atoms with van der Waals surface area (Å²) < 4.78 is 14.3. The number of aryl methyl sites for hydroxylation is 1. The number of carbonyl (C=O) groups excluding carboxylic acids is 2. The first-order valence-electron chi connectivity index (χ1n) is 11.3. The van der Waals surface area contributed by atoms with Crippen LogP contribution < -0.4 is 10.6 Å². The number of amidine groups is 1. The van der Waals surface area contributed by atoms with Gasteiger partial charge in [-0.3, -0.25) is 9.79 Å². The normalized spacial score (nSPS) is 21.1. The number of para-hydroxylation sites is 1. The third-order valence-corrected chi connectivity index (χ3v) is 11.4. The molecule has 8 heteroatoms. The molecule has 172 valence electrons. The van der Waals surface area contributed by atoms with Crippen molar-refractivity contribution in [3.8, 4) is 0 Å². The molecule has 0 radical (unpaired) electrons. The lowest BCUT2D eigenvalue weighted by Gasteiger charge is -2.49. The number of hydrogen-bond acceptors (Lipinski definition) is 3. The molecule has 1 fully saturated rings. The van der Waals surface area contributed by atoms with Crippen LogP contribution in [0.5, 0.6) is 0 Å². The van der Waals surface area contributed by atoms with Crippen LogP contribution in [0.1, 0.15) is 38.7 Å². The minimum atomic E-state index is -1.70. The van der Waals surface area contributed by atoms with Crippen molar-refractivity contribution >= 4 is 31.5 Å². The first-order valence-corrected chi connectivity index (χ1v) is 14.8. The summed E-state index contributed by atoms with van der Waals surface area (Å²) >= 11 is 0. The van der Waals surface area contributed by atoms with Crippen molar-refractivity contribution in [3.05, 3.63) is 40.7 Å². The van der Waals surface area contributed by atoms with Crippen LogP contribution in [0.15, 0.2) is 34.3 Å². The van der Waals surface area contributed by atoms with E-state index in [1.807, 2.05) is 13.8 Å². The van der Waals surface area contributed by atoms with Crippen LogP contribution in [0.2, 0.25) is 24.7 Å². The fourth-order valence-corrected chi connectivity index (χ4v) is 7.82. The average Bonchev–Trinajstić information content (AvgIpc) is 3.14. The van der Waals surface area contributed by atoms with E-state index < -0.39 is 19.4 Å². The highest BCUT2D eigenvalue weighted by Gasteiger charge is 2.54. The second-order valence-corrected chi connectivity index (χ2v) is 16.2. The van der Waals surface area contributed by atoms with E-state index in [0.29, 0.717) is 24.5 Å². The summed E-state index contributed by atoms with van der Waals surface area (Å²) in [5.41, 5.74) is 2.23. The van der Waals surface area contributed by atoms with E-state index in [-0.39, 0.29) is 22.7 Å². The number of carbonyl (C=O) groups is 2. The number of nitrogens with zero attached hydrogens (tertiary/aromatic N) is 2. The topological polar surface area (TPSA) is 73.8 Å². The third kappa shape index (κ3) is 3.39. The molecule has 0 saturated heterocycles. The summed E-state index contributed by atoms with van der Waals surface area (Å²) in [6, 6.07) is 4.37. The minimum absolute atomic E-state index is 0.0816. The van der Waals surface area contributed by atoms with E-state index in [9.17, 15) is 14.0 Å². The number of hydrogen-bond donors (Lipinski definition) is 2. The maximum atomic E-state index is 14.3. The van der Waals surface area contributed by atoms with Crippen LogP contribution in [-0.2, 0) is 4.79 Å². The maximum Gasteiger partial charge on any atom is 0.322 e. The number of benzene rings is 1. The summed E-state index contributed by atoms with van der Waals surface area (Å²) in [5.74, 6) is 0.223. The predicted molar refractivity (Wildman–Crippen MR) is 128 cm³/mol. The first-order chi connectivity index (χ1) is 14.9. The SMILES string of the molecule is Cc1cccc(F)c1NC(=O)N1CC2=C(CN=C2NC(=O)C2([Si](C)(C)C)CCC2)C1(C)C. The standard InChI is InChI=1S/C24H33FN4O2Si/c1-15-9-7-10-18(25)19(15)27-22(31)29-14-16-17(23(29,2)3)13-26-20(16)28-21(30)24(11-8-12-24)32(4,5)6/h7,9-10H,8,11-14H2,1-6H3,(H,27,31)(H,26,28,30). The lowest BCUT2D eigenvalue weighted by Crippen LogP contribution is -2.55. The maximum absolute atomic E-state index is 14.3. The molecule has 2 heterocycles. The van der Waals surface area contributed by atoms with Gasteiger partial charge in [0.1, 0.15) is 11.7 Å². The summed E-state index contributed by atoms with van der Waals surface area (Å²) in [5, 5.41) is 5.64. The molecule has 1 aromatic rings. The third-order valence-electron chi connectivity index (χ3n) is 7.78. The van der Waals surface area contributed by atoms with Crippen LogP contribution in [0.25, 0.3) is 0 Å². The highest BCUT2D eigenvalue weighted by molar-refractivity contribution is 6.82. The van der Waals surface area contributed by atoms with Gasteiger partial charge in [0.05, 0.1) is 32.4 Å². The Morgan fingerprint density at radius 2 is 1.84 bits per heavy atom. The number of nitrogens with one attached hydrogen (secondary N) is 2. The van der Waals surface area contributed by atoms with Gasteiger partial charge in [-0.2, -0.15) is 0 Å². The molecule has 3 amide bonds. The van der Waals surface area contributed by atoms with Crippen molar-refractivity contribution in [1.82, 2.24) is 10.2 Å². The van der Waals surface area contributed by atoms with E-state index >= 15 is 0 Å². The van der Waals surface area contributed by atoms with Gasteiger partial charge in [-0.25, -0.2) is 9.18 Å². The van der Waals surface area contributed by atoms with Gasteiger partial charge in [0.15, 0.2) is 0 Å². The Labute approximate surface area is 190 Å². The Kier molecular flexibility index (Phi) is 5.35. The smallest absolute Gasteiger partial charge is 0.311 e. The Hall–Kier alpha value is -2.48. The quantitative estimate of drug-likeness (QED) is 0.638. The lowest BCUT2D eigenvalue weighted by molar-refractivity contribution is -0.125. The van der Waals surface area contributed by atoms with Gasteiger partial charge < -0.3 is 15.5 Å². The molecule has 0 aromatic heterocycles. The van der Waals surface area contributed by atoms with Crippen molar-refractivity contribution in [3.63, 3.8) is 0 Å². The summed E-state index contributed by atoms with van der Waals surface area (Å²) in [6.07, 6.45) is 2.97. The van der Waals surface area contributed by atoms with Crippen LogP contribution in [0, 0.1) is 12.7 Å². The van der Waals surface area contributed by atoms with Gasteiger partial charge >= 0.3 is 6.03 Å². The zero-order chi connectivity index (χ0) is 23.5. The Balaban J connectivity index is 1.52. The van der Waals surface area contributed by atoms with Crippen LogP contribution in [-0.4, -0.2) is 49.4 Å². The summed E-state index contributed by atoms with van der Waals surface area (Å²) in [7, 11) is -1.70. The van der Waals surface area contributed by atoms with E-state index in [1.165, 1.54) is 6.07 Å². The number of aliphatic imine (C=N–C) groups is 1. The highest BCUT2D eigenvalue weighted by atomic mass is 28.3. The molecule has 6 nitrogen and oxygen atoms in total. The molecule has 0 unspecified atom stereocenters. The summed E-state index contributed by atoms with van der Waals surface area (Å²) in [4.78, 5) is 32.8. The number of urea groups is 1. The number of amides is 3. The zero-order valence-corrected chi connectivity index (χ0v) is 20.9. The average molecular weight is 457 g/mol.